The Bertz CT molecular complexity index is 380. The Morgan fingerprint density at radius 1 is 0.944 bits per heavy atom. The van der Waals surface area contributed by atoms with E-state index in [1.54, 1.807) is 0 Å². The van der Waals surface area contributed by atoms with Crippen LogP contribution < -0.4 is 5.73 Å². The maximum atomic E-state index is 5.84. The Kier molecular flexibility index (Phi) is 3.67. The van der Waals surface area contributed by atoms with Crippen LogP contribution in [0.4, 0.5) is 0 Å². The molecule has 0 aromatic heterocycles. The molecule has 0 atom stereocenters. The highest BCUT2D eigenvalue weighted by Crippen LogP contribution is 2.34. The first-order valence-corrected chi connectivity index (χ1v) is 7.34. The molecule has 0 unspecified atom stereocenters. The number of hydrogen-bond donors (Lipinski definition) is 1. The van der Waals surface area contributed by atoms with Gasteiger partial charge >= 0.3 is 0 Å². The Labute approximate surface area is 110 Å². The van der Waals surface area contributed by atoms with E-state index >= 15 is 0 Å². The van der Waals surface area contributed by atoms with Crippen LogP contribution in [0.1, 0.15) is 36.8 Å². The number of benzene rings is 1. The monoisotopic (exact) mass is 244 g/mol. The van der Waals surface area contributed by atoms with Crippen molar-refractivity contribution in [2.75, 3.05) is 13.1 Å². The smallest absolute Gasteiger partial charge is 0.0237 e. The van der Waals surface area contributed by atoms with Gasteiger partial charge in [0.05, 0.1) is 0 Å². The molecule has 3 rings (SSSR count). The van der Waals surface area contributed by atoms with Gasteiger partial charge in [0.25, 0.3) is 0 Å². The summed E-state index contributed by atoms with van der Waals surface area (Å²) in [6.45, 7) is 4.36. The average Bonchev–Trinajstić information content (AvgIpc) is 3.26. The molecule has 0 spiro atoms. The lowest BCUT2D eigenvalue weighted by molar-refractivity contribution is 0.243. The molecule has 2 nitrogen and oxygen atoms in total. The van der Waals surface area contributed by atoms with Crippen LogP contribution in [0, 0.1) is 11.8 Å². The highest BCUT2D eigenvalue weighted by molar-refractivity contribution is 5.26. The Morgan fingerprint density at radius 3 is 2.00 bits per heavy atom. The SMILES string of the molecule is NCc1ccccc1CN(CC1CC1)CC1CC1. The van der Waals surface area contributed by atoms with Crippen molar-refractivity contribution < 1.29 is 0 Å². The third-order valence-electron chi connectivity index (χ3n) is 4.16. The lowest BCUT2D eigenvalue weighted by Crippen LogP contribution is -2.28. The average molecular weight is 244 g/mol. The minimum Gasteiger partial charge on any atom is -0.326 e. The van der Waals surface area contributed by atoms with Crippen molar-refractivity contribution in [2.24, 2.45) is 17.6 Å². The number of nitrogens with zero attached hydrogens (tertiary/aromatic N) is 1. The van der Waals surface area contributed by atoms with E-state index in [2.05, 4.69) is 29.2 Å². The summed E-state index contributed by atoms with van der Waals surface area (Å²) in [7, 11) is 0. The zero-order valence-corrected chi connectivity index (χ0v) is 11.1. The molecular weight excluding hydrogens is 220 g/mol. The number of nitrogens with two attached hydrogens (primary N) is 1. The van der Waals surface area contributed by atoms with E-state index in [1.165, 1.54) is 49.9 Å². The van der Waals surface area contributed by atoms with Crippen molar-refractivity contribution in [2.45, 2.75) is 38.8 Å². The van der Waals surface area contributed by atoms with Gasteiger partial charge in [0, 0.05) is 26.2 Å². The standard InChI is InChI=1S/C16H24N2/c17-9-15-3-1-2-4-16(15)12-18(10-13-5-6-13)11-14-7-8-14/h1-4,13-14H,5-12,17H2. The van der Waals surface area contributed by atoms with Gasteiger partial charge in [0.15, 0.2) is 0 Å². The third-order valence-corrected chi connectivity index (χ3v) is 4.16. The van der Waals surface area contributed by atoms with E-state index in [9.17, 15) is 0 Å². The molecule has 18 heavy (non-hydrogen) atoms. The number of rotatable bonds is 7. The van der Waals surface area contributed by atoms with Crippen molar-refractivity contribution in [3.05, 3.63) is 35.4 Å². The van der Waals surface area contributed by atoms with E-state index < -0.39 is 0 Å². The van der Waals surface area contributed by atoms with Crippen LogP contribution >= 0.6 is 0 Å². The molecule has 2 saturated carbocycles. The maximum Gasteiger partial charge on any atom is 0.0237 e. The van der Waals surface area contributed by atoms with Crippen LogP contribution in [0.15, 0.2) is 24.3 Å². The molecule has 0 saturated heterocycles. The van der Waals surface area contributed by atoms with Crippen molar-refractivity contribution in [1.29, 1.82) is 0 Å². The van der Waals surface area contributed by atoms with E-state index in [1.807, 2.05) is 0 Å². The zero-order valence-electron chi connectivity index (χ0n) is 11.1. The van der Waals surface area contributed by atoms with Crippen LogP contribution in [0.25, 0.3) is 0 Å². The van der Waals surface area contributed by atoms with Crippen LogP contribution in [-0.2, 0) is 13.1 Å². The van der Waals surface area contributed by atoms with Crippen molar-refractivity contribution in [3.63, 3.8) is 0 Å². The van der Waals surface area contributed by atoms with Crippen LogP contribution in [-0.4, -0.2) is 18.0 Å². The lowest BCUT2D eigenvalue weighted by atomic mass is 10.1. The van der Waals surface area contributed by atoms with Gasteiger partial charge < -0.3 is 5.73 Å². The second kappa shape index (κ2) is 5.41. The molecular formula is C16H24N2. The van der Waals surface area contributed by atoms with Crippen molar-refractivity contribution in [1.82, 2.24) is 4.90 Å². The van der Waals surface area contributed by atoms with Crippen LogP contribution in [0.2, 0.25) is 0 Å². The largest absolute Gasteiger partial charge is 0.326 e. The second-order valence-corrected chi connectivity index (χ2v) is 6.05. The van der Waals surface area contributed by atoms with Gasteiger partial charge in [-0.1, -0.05) is 24.3 Å². The molecule has 0 radical (unpaired) electrons. The molecule has 2 aliphatic rings. The Balaban J connectivity index is 1.65. The first-order valence-electron chi connectivity index (χ1n) is 7.34. The molecule has 2 N–H and O–H groups in total. The van der Waals surface area contributed by atoms with Gasteiger partial charge in [0.1, 0.15) is 0 Å². The molecule has 0 heterocycles. The second-order valence-electron chi connectivity index (χ2n) is 6.05. The lowest BCUT2D eigenvalue weighted by Gasteiger charge is -2.23. The van der Waals surface area contributed by atoms with Gasteiger partial charge in [-0.2, -0.15) is 0 Å². The van der Waals surface area contributed by atoms with E-state index in [4.69, 9.17) is 5.73 Å². The first-order chi connectivity index (χ1) is 8.85. The molecule has 1 aromatic carbocycles. The normalized spacial score (nSPS) is 19.4. The highest BCUT2D eigenvalue weighted by atomic mass is 15.1. The molecule has 0 bridgehead atoms. The highest BCUT2D eigenvalue weighted by Gasteiger charge is 2.29. The van der Waals surface area contributed by atoms with Crippen LogP contribution in [0.3, 0.4) is 0 Å². The summed E-state index contributed by atoms with van der Waals surface area (Å²) in [6.07, 6.45) is 5.78. The topological polar surface area (TPSA) is 29.3 Å². The molecule has 1 aromatic rings. The summed E-state index contributed by atoms with van der Waals surface area (Å²) >= 11 is 0. The van der Waals surface area contributed by atoms with E-state index in [0.717, 1.165) is 18.4 Å². The molecule has 0 aliphatic heterocycles. The first kappa shape index (κ1) is 12.2. The van der Waals surface area contributed by atoms with Gasteiger partial charge in [-0.3, -0.25) is 4.90 Å². The maximum absolute atomic E-state index is 5.84. The number of hydrogen-bond acceptors (Lipinski definition) is 2. The summed E-state index contributed by atoms with van der Waals surface area (Å²) in [5.41, 5.74) is 8.58. The summed E-state index contributed by atoms with van der Waals surface area (Å²) < 4.78 is 0. The molecule has 2 fully saturated rings. The fraction of sp³-hybridized carbons (Fsp3) is 0.625. The van der Waals surface area contributed by atoms with Gasteiger partial charge in [-0.25, -0.2) is 0 Å². The molecule has 98 valence electrons. The van der Waals surface area contributed by atoms with Gasteiger partial charge in [-0.15, -0.1) is 0 Å². The predicted molar refractivity (Wildman–Crippen MR) is 75.1 cm³/mol. The van der Waals surface area contributed by atoms with Gasteiger partial charge in [0.2, 0.25) is 0 Å². The summed E-state index contributed by atoms with van der Waals surface area (Å²) in [5.74, 6) is 1.96. The van der Waals surface area contributed by atoms with Crippen molar-refractivity contribution >= 4 is 0 Å². The third kappa shape index (κ3) is 3.33. The van der Waals surface area contributed by atoms with Crippen molar-refractivity contribution in [3.8, 4) is 0 Å². The van der Waals surface area contributed by atoms with E-state index in [-0.39, 0.29) is 0 Å². The molecule has 0 amide bonds. The minimum absolute atomic E-state index is 0.664. The van der Waals surface area contributed by atoms with Crippen LogP contribution in [0.5, 0.6) is 0 Å². The summed E-state index contributed by atoms with van der Waals surface area (Å²) in [5, 5.41) is 0. The minimum atomic E-state index is 0.664. The quantitative estimate of drug-likeness (QED) is 0.799. The molecule has 2 heteroatoms. The fourth-order valence-corrected chi connectivity index (χ4v) is 2.69. The molecule has 2 aliphatic carbocycles. The fourth-order valence-electron chi connectivity index (χ4n) is 2.69. The Morgan fingerprint density at radius 2 is 1.50 bits per heavy atom. The zero-order chi connectivity index (χ0) is 12.4. The predicted octanol–water partition coefficient (Wildman–Crippen LogP) is 2.77. The summed E-state index contributed by atoms with van der Waals surface area (Å²) in [4.78, 5) is 2.67. The Hall–Kier alpha value is -0.860. The van der Waals surface area contributed by atoms with Gasteiger partial charge in [-0.05, 0) is 48.6 Å². The van der Waals surface area contributed by atoms with E-state index in [0.29, 0.717) is 6.54 Å². The summed E-state index contributed by atoms with van der Waals surface area (Å²) in [6, 6.07) is 8.65.